The van der Waals surface area contributed by atoms with Gasteiger partial charge in [0, 0.05) is 12.2 Å². The molecule has 2 aliphatic rings. The van der Waals surface area contributed by atoms with E-state index in [0.29, 0.717) is 6.04 Å². The number of nitrogens with zero attached hydrogens (tertiary/aromatic N) is 3. The average Bonchev–Trinajstić information content (AvgIpc) is 3.18. The summed E-state index contributed by atoms with van der Waals surface area (Å²) in [7, 11) is 2.08. The molecule has 0 aromatic carbocycles. The minimum Gasteiger partial charge on any atom is -0.330 e. The molecule has 1 saturated heterocycles. The standard InChI is InChI=1S/C16H28N4/c1-3-8-19-9-4-5-13(10-17-2)16(19)15-11-18-12-20(15)14-6-7-14/h11-14,16-17H,3-10H2,1-2H3. The molecule has 112 valence electrons. The van der Waals surface area contributed by atoms with E-state index in [9.17, 15) is 0 Å². The molecular formula is C16H28N4. The molecule has 1 aliphatic heterocycles. The Labute approximate surface area is 122 Å². The van der Waals surface area contributed by atoms with Crippen molar-refractivity contribution in [1.29, 1.82) is 0 Å². The van der Waals surface area contributed by atoms with Crippen molar-refractivity contribution in [2.75, 3.05) is 26.7 Å². The maximum atomic E-state index is 4.46. The van der Waals surface area contributed by atoms with Gasteiger partial charge in [0.05, 0.1) is 18.1 Å². The van der Waals surface area contributed by atoms with E-state index in [-0.39, 0.29) is 0 Å². The van der Waals surface area contributed by atoms with Gasteiger partial charge in [-0.2, -0.15) is 0 Å². The summed E-state index contributed by atoms with van der Waals surface area (Å²) in [6.07, 6.45) is 10.8. The summed E-state index contributed by atoms with van der Waals surface area (Å²) in [5.41, 5.74) is 1.46. The summed E-state index contributed by atoms with van der Waals surface area (Å²) in [4.78, 5) is 7.16. The predicted octanol–water partition coefficient (Wildman–Crippen LogP) is 2.60. The van der Waals surface area contributed by atoms with Crippen molar-refractivity contribution in [3.8, 4) is 0 Å². The van der Waals surface area contributed by atoms with Crippen LogP contribution in [0.2, 0.25) is 0 Å². The number of aromatic nitrogens is 2. The second kappa shape index (κ2) is 6.27. The lowest BCUT2D eigenvalue weighted by atomic mass is 9.86. The largest absolute Gasteiger partial charge is 0.330 e. The van der Waals surface area contributed by atoms with Crippen LogP contribution in [0, 0.1) is 5.92 Å². The molecule has 2 fully saturated rings. The molecular weight excluding hydrogens is 248 g/mol. The van der Waals surface area contributed by atoms with Crippen LogP contribution in [0.25, 0.3) is 0 Å². The first-order valence-electron chi connectivity index (χ1n) is 8.25. The fourth-order valence-corrected chi connectivity index (χ4v) is 3.80. The molecule has 1 aromatic heterocycles. The second-order valence-electron chi connectivity index (χ2n) is 6.40. The highest BCUT2D eigenvalue weighted by atomic mass is 15.2. The van der Waals surface area contributed by atoms with Crippen molar-refractivity contribution in [3.63, 3.8) is 0 Å². The molecule has 4 nitrogen and oxygen atoms in total. The van der Waals surface area contributed by atoms with Gasteiger partial charge in [0.25, 0.3) is 0 Å². The zero-order chi connectivity index (χ0) is 13.9. The molecule has 2 unspecified atom stereocenters. The summed E-state index contributed by atoms with van der Waals surface area (Å²) in [6.45, 7) is 5.85. The number of imidazole rings is 1. The molecule has 1 aromatic rings. The number of hydrogen-bond acceptors (Lipinski definition) is 3. The first kappa shape index (κ1) is 14.1. The van der Waals surface area contributed by atoms with Crippen LogP contribution in [0.3, 0.4) is 0 Å². The smallest absolute Gasteiger partial charge is 0.0951 e. The fourth-order valence-electron chi connectivity index (χ4n) is 3.80. The Bertz CT molecular complexity index is 406. The van der Waals surface area contributed by atoms with E-state index in [1.165, 1.54) is 50.9 Å². The minimum atomic E-state index is 0.555. The molecule has 0 radical (unpaired) electrons. The van der Waals surface area contributed by atoms with Gasteiger partial charge in [-0.3, -0.25) is 4.90 Å². The Kier molecular flexibility index (Phi) is 4.41. The maximum Gasteiger partial charge on any atom is 0.0951 e. The van der Waals surface area contributed by atoms with Crippen LogP contribution < -0.4 is 5.32 Å². The lowest BCUT2D eigenvalue weighted by Gasteiger charge is -2.41. The van der Waals surface area contributed by atoms with Gasteiger partial charge in [-0.1, -0.05) is 6.92 Å². The molecule has 2 heterocycles. The third kappa shape index (κ3) is 2.77. The molecule has 3 rings (SSSR count). The van der Waals surface area contributed by atoms with Crippen LogP contribution in [-0.4, -0.2) is 41.1 Å². The van der Waals surface area contributed by atoms with Gasteiger partial charge in [-0.05, 0) is 64.7 Å². The van der Waals surface area contributed by atoms with Crippen LogP contribution in [0.4, 0.5) is 0 Å². The molecule has 1 aliphatic carbocycles. The number of likely N-dealkylation sites (tertiary alicyclic amines) is 1. The molecule has 0 spiro atoms. The van der Waals surface area contributed by atoms with Gasteiger partial charge >= 0.3 is 0 Å². The Morgan fingerprint density at radius 1 is 1.35 bits per heavy atom. The highest BCUT2D eigenvalue weighted by Crippen LogP contribution is 2.41. The van der Waals surface area contributed by atoms with Crippen LogP contribution >= 0.6 is 0 Å². The number of piperidine rings is 1. The average molecular weight is 276 g/mol. The normalized spacial score (nSPS) is 27.9. The number of rotatable bonds is 6. The van der Waals surface area contributed by atoms with Gasteiger partial charge in [0.2, 0.25) is 0 Å². The van der Waals surface area contributed by atoms with Crippen molar-refractivity contribution in [3.05, 3.63) is 18.2 Å². The van der Waals surface area contributed by atoms with E-state index in [1.54, 1.807) is 0 Å². The summed E-state index contributed by atoms with van der Waals surface area (Å²) >= 11 is 0. The minimum absolute atomic E-state index is 0.555. The molecule has 20 heavy (non-hydrogen) atoms. The molecule has 0 bridgehead atoms. The fraction of sp³-hybridized carbons (Fsp3) is 0.812. The molecule has 1 N–H and O–H groups in total. The van der Waals surface area contributed by atoms with Crippen molar-refractivity contribution >= 4 is 0 Å². The van der Waals surface area contributed by atoms with Crippen LogP contribution in [-0.2, 0) is 0 Å². The quantitative estimate of drug-likeness (QED) is 0.867. The van der Waals surface area contributed by atoms with Crippen molar-refractivity contribution in [2.24, 2.45) is 5.92 Å². The van der Waals surface area contributed by atoms with Crippen molar-refractivity contribution < 1.29 is 0 Å². The van der Waals surface area contributed by atoms with E-state index in [4.69, 9.17) is 0 Å². The van der Waals surface area contributed by atoms with Gasteiger partial charge in [-0.15, -0.1) is 0 Å². The van der Waals surface area contributed by atoms with Gasteiger partial charge in [-0.25, -0.2) is 4.98 Å². The summed E-state index contributed by atoms with van der Waals surface area (Å²) in [5, 5.41) is 3.40. The van der Waals surface area contributed by atoms with Crippen molar-refractivity contribution in [2.45, 2.75) is 51.1 Å². The van der Waals surface area contributed by atoms with E-state index in [0.717, 1.165) is 18.5 Å². The number of hydrogen-bond donors (Lipinski definition) is 1. The lowest BCUT2D eigenvalue weighted by molar-refractivity contribution is 0.0867. The maximum absolute atomic E-state index is 4.46. The monoisotopic (exact) mass is 276 g/mol. The van der Waals surface area contributed by atoms with Gasteiger partial charge < -0.3 is 9.88 Å². The van der Waals surface area contributed by atoms with Gasteiger partial charge in [0.15, 0.2) is 0 Å². The van der Waals surface area contributed by atoms with E-state index in [2.05, 4.69) is 46.3 Å². The highest BCUT2D eigenvalue weighted by Gasteiger charge is 2.36. The molecule has 2 atom stereocenters. The third-order valence-electron chi connectivity index (χ3n) is 4.78. The molecule has 1 saturated carbocycles. The second-order valence-corrected chi connectivity index (χ2v) is 6.40. The zero-order valence-corrected chi connectivity index (χ0v) is 12.9. The first-order valence-corrected chi connectivity index (χ1v) is 8.25. The Morgan fingerprint density at radius 3 is 2.90 bits per heavy atom. The Hall–Kier alpha value is -0.870. The van der Waals surface area contributed by atoms with Gasteiger partial charge in [0.1, 0.15) is 0 Å². The van der Waals surface area contributed by atoms with E-state index in [1.807, 2.05) is 0 Å². The lowest BCUT2D eigenvalue weighted by Crippen LogP contribution is -2.43. The SMILES string of the molecule is CCCN1CCCC(CNC)C1c1cncn1C1CC1. The van der Waals surface area contributed by atoms with Crippen LogP contribution in [0.5, 0.6) is 0 Å². The predicted molar refractivity (Wildman–Crippen MR) is 81.8 cm³/mol. The van der Waals surface area contributed by atoms with Crippen LogP contribution in [0.1, 0.15) is 56.8 Å². The number of nitrogens with one attached hydrogen (secondary N) is 1. The van der Waals surface area contributed by atoms with E-state index >= 15 is 0 Å². The van der Waals surface area contributed by atoms with Crippen molar-refractivity contribution in [1.82, 2.24) is 19.8 Å². The summed E-state index contributed by atoms with van der Waals surface area (Å²) < 4.78 is 2.46. The van der Waals surface area contributed by atoms with Crippen LogP contribution in [0.15, 0.2) is 12.5 Å². The highest BCUT2D eigenvalue weighted by molar-refractivity contribution is 5.12. The summed E-state index contributed by atoms with van der Waals surface area (Å²) in [5.74, 6) is 0.717. The third-order valence-corrected chi connectivity index (χ3v) is 4.78. The Morgan fingerprint density at radius 2 is 2.20 bits per heavy atom. The molecule has 4 heteroatoms. The Balaban J connectivity index is 1.87. The first-order chi connectivity index (χ1) is 9.85. The molecule has 0 amide bonds. The zero-order valence-electron chi connectivity index (χ0n) is 12.9. The topological polar surface area (TPSA) is 33.1 Å². The van der Waals surface area contributed by atoms with E-state index < -0.39 is 0 Å². The summed E-state index contributed by atoms with van der Waals surface area (Å²) in [6, 6.07) is 1.28.